The van der Waals surface area contributed by atoms with Crippen LogP contribution in [-0.2, 0) is 6.54 Å². The van der Waals surface area contributed by atoms with Gasteiger partial charge in [-0.3, -0.25) is 4.90 Å². The lowest BCUT2D eigenvalue weighted by Gasteiger charge is -2.34. The van der Waals surface area contributed by atoms with E-state index in [-0.39, 0.29) is 5.54 Å². The van der Waals surface area contributed by atoms with Crippen molar-refractivity contribution in [3.05, 3.63) is 29.8 Å². The van der Waals surface area contributed by atoms with Gasteiger partial charge in [-0.25, -0.2) is 0 Å². The van der Waals surface area contributed by atoms with Crippen LogP contribution < -0.4 is 10.1 Å². The summed E-state index contributed by atoms with van der Waals surface area (Å²) in [6.07, 6.45) is 3.82. The Labute approximate surface area is 129 Å². The van der Waals surface area contributed by atoms with Crippen molar-refractivity contribution in [2.24, 2.45) is 0 Å². The summed E-state index contributed by atoms with van der Waals surface area (Å²) in [5.74, 6) is 0.966. The Kier molecular flexibility index (Phi) is 5.65. The second-order valence-corrected chi connectivity index (χ2v) is 6.74. The third-order valence-corrected chi connectivity index (χ3v) is 4.69. The van der Waals surface area contributed by atoms with E-state index >= 15 is 0 Å². The van der Waals surface area contributed by atoms with Crippen molar-refractivity contribution in [1.29, 1.82) is 0 Å². The van der Waals surface area contributed by atoms with Gasteiger partial charge < -0.3 is 10.1 Å². The highest BCUT2D eigenvalue weighted by Crippen LogP contribution is 2.20. The van der Waals surface area contributed by atoms with Crippen LogP contribution in [-0.4, -0.2) is 36.7 Å². The van der Waals surface area contributed by atoms with Gasteiger partial charge in [0, 0.05) is 24.7 Å². The van der Waals surface area contributed by atoms with Crippen LogP contribution in [0, 0.1) is 0 Å². The first kappa shape index (κ1) is 16.3. The molecule has 3 heteroatoms. The van der Waals surface area contributed by atoms with Crippen LogP contribution in [0.25, 0.3) is 0 Å². The predicted octanol–water partition coefficient (Wildman–Crippen LogP) is 3.44. The fraction of sp³-hybridized carbons (Fsp3) is 0.667. The van der Waals surface area contributed by atoms with Crippen molar-refractivity contribution in [3.8, 4) is 5.75 Å². The topological polar surface area (TPSA) is 24.5 Å². The van der Waals surface area contributed by atoms with Crippen LogP contribution in [0.2, 0.25) is 0 Å². The molecule has 1 aliphatic rings. The molecule has 3 nitrogen and oxygen atoms in total. The minimum atomic E-state index is 0.238. The van der Waals surface area contributed by atoms with E-state index in [4.69, 9.17) is 4.74 Å². The lowest BCUT2D eigenvalue weighted by atomic mass is 10.0. The summed E-state index contributed by atoms with van der Waals surface area (Å²) in [5, 5.41) is 3.53. The first-order chi connectivity index (χ1) is 10.0. The molecule has 0 atom stereocenters. The van der Waals surface area contributed by atoms with Crippen LogP contribution in [0.15, 0.2) is 24.3 Å². The SMILES string of the molecule is CCC(C)(C)N(C)CCOc1ccc(CNC2CC2)cc1. The van der Waals surface area contributed by atoms with E-state index in [1.807, 2.05) is 0 Å². The molecule has 0 saturated heterocycles. The van der Waals surface area contributed by atoms with Crippen molar-refractivity contribution >= 4 is 0 Å². The molecule has 21 heavy (non-hydrogen) atoms. The third kappa shape index (κ3) is 5.33. The van der Waals surface area contributed by atoms with Crippen molar-refractivity contribution in [3.63, 3.8) is 0 Å². The van der Waals surface area contributed by atoms with Gasteiger partial charge in [-0.1, -0.05) is 19.1 Å². The molecule has 2 rings (SSSR count). The highest BCUT2D eigenvalue weighted by atomic mass is 16.5. The molecule has 1 fully saturated rings. The summed E-state index contributed by atoms with van der Waals surface area (Å²) in [7, 11) is 2.17. The second-order valence-electron chi connectivity index (χ2n) is 6.74. The van der Waals surface area contributed by atoms with Crippen LogP contribution >= 0.6 is 0 Å². The molecular formula is C18H30N2O. The highest BCUT2D eigenvalue weighted by Gasteiger charge is 2.21. The Morgan fingerprint density at radius 3 is 2.48 bits per heavy atom. The molecule has 0 heterocycles. The van der Waals surface area contributed by atoms with Crippen molar-refractivity contribution in [2.75, 3.05) is 20.2 Å². The first-order valence-corrected chi connectivity index (χ1v) is 8.17. The Morgan fingerprint density at radius 2 is 1.90 bits per heavy atom. The molecule has 0 unspecified atom stereocenters. The van der Waals surface area contributed by atoms with Gasteiger partial charge in [-0.05, 0) is 57.9 Å². The molecule has 1 aromatic carbocycles. The molecule has 1 aliphatic carbocycles. The van der Waals surface area contributed by atoms with Crippen molar-refractivity contribution in [1.82, 2.24) is 10.2 Å². The van der Waals surface area contributed by atoms with E-state index in [0.29, 0.717) is 0 Å². The average molecular weight is 290 g/mol. The fourth-order valence-electron chi connectivity index (χ4n) is 2.13. The van der Waals surface area contributed by atoms with E-state index in [9.17, 15) is 0 Å². The summed E-state index contributed by atoms with van der Waals surface area (Å²) < 4.78 is 5.85. The standard InChI is InChI=1S/C18H30N2O/c1-5-18(2,3)20(4)12-13-21-17-10-6-15(7-11-17)14-19-16-8-9-16/h6-7,10-11,16,19H,5,8-9,12-14H2,1-4H3. The Bertz CT molecular complexity index is 423. The molecule has 1 N–H and O–H groups in total. The Morgan fingerprint density at radius 1 is 1.24 bits per heavy atom. The molecule has 0 spiro atoms. The zero-order valence-corrected chi connectivity index (χ0v) is 14.0. The summed E-state index contributed by atoms with van der Waals surface area (Å²) in [6.45, 7) is 9.43. The Hall–Kier alpha value is -1.06. The lowest BCUT2D eigenvalue weighted by molar-refractivity contribution is 0.125. The van der Waals surface area contributed by atoms with Crippen LogP contribution in [0.1, 0.15) is 45.6 Å². The maximum absolute atomic E-state index is 5.85. The molecular weight excluding hydrogens is 260 g/mol. The van der Waals surface area contributed by atoms with Gasteiger partial charge in [0.15, 0.2) is 0 Å². The van der Waals surface area contributed by atoms with Gasteiger partial charge in [0.1, 0.15) is 12.4 Å². The molecule has 0 aliphatic heterocycles. The largest absolute Gasteiger partial charge is 0.492 e. The molecule has 118 valence electrons. The fourth-order valence-corrected chi connectivity index (χ4v) is 2.13. The number of hydrogen-bond donors (Lipinski definition) is 1. The summed E-state index contributed by atoms with van der Waals surface area (Å²) >= 11 is 0. The molecule has 1 aromatic rings. The molecule has 0 amide bonds. The van der Waals surface area contributed by atoms with E-state index in [0.717, 1.165) is 37.9 Å². The number of nitrogens with zero attached hydrogens (tertiary/aromatic N) is 1. The first-order valence-electron chi connectivity index (χ1n) is 8.17. The van der Waals surface area contributed by atoms with Crippen molar-refractivity contribution in [2.45, 2.75) is 58.2 Å². The van der Waals surface area contributed by atoms with Gasteiger partial charge in [0.25, 0.3) is 0 Å². The minimum absolute atomic E-state index is 0.238. The van der Waals surface area contributed by atoms with E-state index in [1.165, 1.54) is 18.4 Å². The quantitative estimate of drug-likeness (QED) is 0.754. The molecule has 1 saturated carbocycles. The zero-order valence-electron chi connectivity index (χ0n) is 14.0. The van der Waals surface area contributed by atoms with Gasteiger partial charge >= 0.3 is 0 Å². The van der Waals surface area contributed by atoms with Crippen LogP contribution in [0.5, 0.6) is 5.75 Å². The van der Waals surface area contributed by atoms with Gasteiger partial charge in [-0.15, -0.1) is 0 Å². The van der Waals surface area contributed by atoms with Gasteiger partial charge in [0.05, 0.1) is 0 Å². The number of rotatable bonds is 9. The van der Waals surface area contributed by atoms with Crippen LogP contribution in [0.4, 0.5) is 0 Å². The highest BCUT2D eigenvalue weighted by molar-refractivity contribution is 5.27. The number of benzene rings is 1. The number of nitrogens with one attached hydrogen (secondary N) is 1. The monoisotopic (exact) mass is 290 g/mol. The van der Waals surface area contributed by atoms with Gasteiger partial charge in [-0.2, -0.15) is 0 Å². The number of hydrogen-bond acceptors (Lipinski definition) is 3. The molecule has 0 bridgehead atoms. The molecule has 0 aromatic heterocycles. The normalized spacial score (nSPS) is 15.5. The molecule has 0 radical (unpaired) electrons. The maximum atomic E-state index is 5.85. The van der Waals surface area contributed by atoms with Crippen molar-refractivity contribution < 1.29 is 4.74 Å². The average Bonchev–Trinajstić information content (AvgIpc) is 3.30. The minimum Gasteiger partial charge on any atom is -0.492 e. The number of ether oxygens (including phenoxy) is 1. The zero-order chi connectivity index (χ0) is 15.3. The summed E-state index contributed by atoms with van der Waals surface area (Å²) in [5.41, 5.74) is 1.57. The van der Waals surface area contributed by atoms with E-state index < -0.39 is 0 Å². The van der Waals surface area contributed by atoms with Crippen LogP contribution in [0.3, 0.4) is 0 Å². The van der Waals surface area contributed by atoms with Gasteiger partial charge in [0.2, 0.25) is 0 Å². The Balaban J connectivity index is 1.70. The second kappa shape index (κ2) is 7.28. The van der Waals surface area contributed by atoms with E-state index in [1.54, 1.807) is 0 Å². The summed E-state index contributed by atoms with van der Waals surface area (Å²) in [6, 6.07) is 9.23. The maximum Gasteiger partial charge on any atom is 0.119 e. The lowest BCUT2D eigenvalue weighted by Crippen LogP contribution is -2.42. The predicted molar refractivity (Wildman–Crippen MR) is 88.8 cm³/mol. The third-order valence-electron chi connectivity index (χ3n) is 4.69. The smallest absolute Gasteiger partial charge is 0.119 e. The number of likely N-dealkylation sites (N-methyl/N-ethyl adjacent to an activating group) is 1. The van der Waals surface area contributed by atoms with E-state index in [2.05, 4.69) is 62.3 Å². The summed E-state index contributed by atoms with van der Waals surface area (Å²) in [4.78, 5) is 2.36.